The molecule has 1 aromatic heterocycles. The molecule has 1 heterocycles. The van der Waals surface area contributed by atoms with E-state index in [2.05, 4.69) is 15.9 Å². The fourth-order valence-corrected chi connectivity index (χ4v) is 2.06. The Labute approximate surface area is 87.1 Å². The van der Waals surface area contributed by atoms with Gasteiger partial charge in [-0.25, -0.2) is 4.79 Å². The molecule has 0 saturated carbocycles. The Morgan fingerprint density at radius 1 is 1.77 bits per heavy atom. The van der Waals surface area contributed by atoms with Gasteiger partial charge in [-0.1, -0.05) is 0 Å². The van der Waals surface area contributed by atoms with Gasteiger partial charge in [0.1, 0.15) is 11.6 Å². The van der Waals surface area contributed by atoms with Gasteiger partial charge in [0.05, 0.1) is 0 Å². The zero-order valence-electron chi connectivity index (χ0n) is 6.32. The molecule has 66 valence electrons. The minimum Gasteiger partial charge on any atom is -0.477 e. The topological polar surface area (TPSA) is 61.1 Å². The molecule has 0 atom stereocenters. The molecule has 13 heavy (non-hydrogen) atoms. The van der Waals surface area contributed by atoms with Gasteiger partial charge in [-0.15, -0.1) is 11.3 Å². The van der Waals surface area contributed by atoms with Gasteiger partial charge in [0.25, 0.3) is 0 Å². The summed E-state index contributed by atoms with van der Waals surface area (Å²) in [6.07, 6.45) is 1.34. The van der Waals surface area contributed by atoms with E-state index in [1.165, 1.54) is 17.4 Å². The highest BCUT2D eigenvalue weighted by Crippen LogP contribution is 2.21. The molecule has 0 aromatic carbocycles. The van der Waals surface area contributed by atoms with Crippen molar-refractivity contribution in [3.8, 4) is 6.07 Å². The Kier molecular flexibility index (Phi) is 3.23. The van der Waals surface area contributed by atoms with Crippen molar-refractivity contribution in [2.24, 2.45) is 0 Å². The molecule has 0 spiro atoms. The number of aliphatic carboxylic acids is 1. The van der Waals surface area contributed by atoms with E-state index in [1.807, 2.05) is 5.38 Å². The van der Waals surface area contributed by atoms with Crippen LogP contribution in [0.3, 0.4) is 0 Å². The first-order valence-electron chi connectivity index (χ1n) is 3.22. The molecule has 0 aliphatic carbocycles. The molecule has 1 aromatic rings. The minimum atomic E-state index is -1.20. The quantitative estimate of drug-likeness (QED) is 0.654. The van der Waals surface area contributed by atoms with Crippen molar-refractivity contribution >= 4 is 39.3 Å². The SMILES string of the molecule is N#C/C(=C/c1cc(Br)cs1)C(=O)O. The van der Waals surface area contributed by atoms with E-state index in [1.54, 1.807) is 12.1 Å². The first-order chi connectivity index (χ1) is 6.13. The predicted octanol–water partition coefficient (Wildman–Crippen LogP) is 2.50. The summed E-state index contributed by atoms with van der Waals surface area (Å²) in [4.78, 5) is 11.2. The third kappa shape index (κ3) is 2.68. The maximum absolute atomic E-state index is 10.4. The number of thiophene rings is 1. The lowest BCUT2D eigenvalue weighted by atomic mass is 10.2. The number of hydrogen-bond donors (Lipinski definition) is 1. The number of rotatable bonds is 2. The van der Waals surface area contributed by atoms with Gasteiger partial charge in [-0.05, 0) is 28.1 Å². The molecule has 3 nitrogen and oxygen atoms in total. The number of nitriles is 1. The van der Waals surface area contributed by atoms with Crippen LogP contribution in [-0.2, 0) is 4.79 Å². The van der Waals surface area contributed by atoms with Gasteiger partial charge >= 0.3 is 5.97 Å². The van der Waals surface area contributed by atoms with Crippen LogP contribution in [0.15, 0.2) is 21.5 Å². The first-order valence-corrected chi connectivity index (χ1v) is 4.90. The molecule has 0 fully saturated rings. The lowest BCUT2D eigenvalue weighted by Crippen LogP contribution is -1.96. The lowest BCUT2D eigenvalue weighted by molar-refractivity contribution is -0.132. The van der Waals surface area contributed by atoms with Crippen LogP contribution >= 0.6 is 27.3 Å². The largest absolute Gasteiger partial charge is 0.477 e. The van der Waals surface area contributed by atoms with Gasteiger partial charge in [0.15, 0.2) is 0 Å². The van der Waals surface area contributed by atoms with Crippen LogP contribution in [0.5, 0.6) is 0 Å². The molecule has 0 unspecified atom stereocenters. The summed E-state index contributed by atoms with van der Waals surface area (Å²) in [5.74, 6) is -1.20. The third-order valence-electron chi connectivity index (χ3n) is 1.23. The van der Waals surface area contributed by atoms with Crippen molar-refractivity contribution in [1.29, 1.82) is 5.26 Å². The first kappa shape index (κ1) is 9.96. The van der Waals surface area contributed by atoms with E-state index in [9.17, 15) is 4.79 Å². The second kappa shape index (κ2) is 4.21. The molecule has 5 heteroatoms. The molecule has 0 amide bonds. The standard InChI is InChI=1S/C8H4BrNO2S/c9-6-2-7(13-4-6)1-5(3-10)8(11)12/h1-2,4H,(H,11,12)/b5-1-. The highest BCUT2D eigenvalue weighted by Gasteiger charge is 2.06. The van der Waals surface area contributed by atoms with E-state index in [4.69, 9.17) is 10.4 Å². The zero-order valence-corrected chi connectivity index (χ0v) is 8.72. The van der Waals surface area contributed by atoms with Gasteiger partial charge in [0, 0.05) is 14.7 Å². The maximum Gasteiger partial charge on any atom is 0.346 e. The number of carboxylic acids is 1. The molecule has 0 saturated heterocycles. The van der Waals surface area contributed by atoms with Crippen molar-refractivity contribution in [3.63, 3.8) is 0 Å². The summed E-state index contributed by atoms with van der Waals surface area (Å²) < 4.78 is 0.881. The number of carboxylic acid groups (broad SMARTS) is 1. The second-order valence-corrected chi connectivity index (χ2v) is 4.00. The molecule has 0 bridgehead atoms. The fraction of sp³-hybridized carbons (Fsp3) is 0. The van der Waals surface area contributed by atoms with Gasteiger partial charge < -0.3 is 5.11 Å². The molecule has 0 radical (unpaired) electrons. The molecule has 0 aliphatic rings. The zero-order chi connectivity index (χ0) is 9.84. The van der Waals surface area contributed by atoms with Crippen molar-refractivity contribution in [2.75, 3.05) is 0 Å². The Bertz CT molecular complexity index is 403. The van der Waals surface area contributed by atoms with E-state index < -0.39 is 5.97 Å². The van der Waals surface area contributed by atoms with Crippen LogP contribution in [0.25, 0.3) is 6.08 Å². The summed E-state index contributed by atoms with van der Waals surface area (Å²) in [6, 6.07) is 3.37. The number of nitrogens with zero attached hydrogens (tertiary/aromatic N) is 1. The van der Waals surface area contributed by atoms with Crippen LogP contribution in [0.2, 0.25) is 0 Å². The lowest BCUT2D eigenvalue weighted by Gasteiger charge is -1.86. The monoisotopic (exact) mass is 257 g/mol. The molecule has 1 rings (SSSR count). The second-order valence-electron chi connectivity index (χ2n) is 2.14. The number of hydrogen-bond acceptors (Lipinski definition) is 3. The van der Waals surface area contributed by atoms with Gasteiger partial charge in [0.2, 0.25) is 0 Å². The average molecular weight is 258 g/mol. The highest BCUT2D eigenvalue weighted by atomic mass is 79.9. The van der Waals surface area contributed by atoms with Crippen LogP contribution in [0.1, 0.15) is 4.88 Å². The number of carbonyl (C=O) groups is 1. The van der Waals surface area contributed by atoms with E-state index in [0.717, 1.165) is 9.35 Å². The van der Waals surface area contributed by atoms with E-state index in [-0.39, 0.29) is 5.57 Å². The van der Waals surface area contributed by atoms with Gasteiger partial charge in [-0.2, -0.15) is 5.26 Å². The molecule has 0 aliphatic heterocycles. The highest BCUT2D eigenvalue weighted by molar-refractivity contribution is 9.10. The van der Waals surface area contributed by atoms with Crippen LogP contribution < -0.4 is 0 Å². The molecule has 1 N–H and O–H groups in total. The molecular weight excluding hydrogens is 254 g/mol. The Hall–Kier alpha value is -1.12. The summed E-state index contributed by atoms with van der Waals surface area (Å²) in [5.41, 5.74) is -0.255. The summed E-state index contributed by atoms with van der Waals surface area (Å²) in [6.45, 7) is 0. The fourth-order valence-electron chi connectivity index (χ4n) is 0.688. The van der Waals surface area contributed by atoms with Crippen LogP contribution in [-0.4, -0.2) is 11.1 Å². The Morgan fingerprint density at radius 2 is 2.46 bits per heavy atom. The van der Waals surface area contributed by atoms with Crippen molar-refractivity contribution in [1.82, 2.24) is 0 Å². The summed E-state index contributed by atoms with van der Waals surface area (Å²) >= 11 is 4.60. The van der Waals surface area contributed by atoms with E-state index >= 15 is 0 Å². The predicted molar refractivity (Wildman–Crippen MR) is 53.2 cm³/mol. The van der Waals surface area contributed by atoms with Crippen molar-refractivity contribution < 1.29 is 9.90 Å². The molecular formula is C8H4BrNO2S. The van der Waals surface area contributed by atoms with Crippen LogP contribution in [0, 0.1) is 11.3 Å². The minimum absolute atomic E-state index is 0.255. The van der Waals surface area contributed by atoms with Crippen LogP contribution in [0.4, 0.5) is 0 Å². The average Bonchev–Trinajstić information content (AvgIpc) is 2.46. The number of halogens is 1. The van der Waals surface area contributed by atoms with Crippen molar-refractivity contribution in [3.05, 3.63) is 26.4 Å². The third-order valence-corrected chi connectivity index (χ3v) is 2.87. The summed E-state index contributed by atoms with van der Waals surface area (Å²) in [5, 5.41) is 18.8. The maximum atomic E-state index is 10.4. The Balaban J connectivity index is 3.00. The Morgan fingerprint density at radius 3 is 2.85 bits per heavy atom. The summed E-state index contributed by atoms with van der Waals surface area (Å²) in [7, 11) is 0. The van der Waals surface area contributed by atoms with Crippen molar-refractivity contribution in [2.45, 2.75) is 0 Å². The smallest absolute Gasteiger partial charge is 0.346 e. The normalized spacial score (nSPS) is 10.9. The van der Waals surface area contributed by atoms with Gasteiger partial charge in [-0.3, -0.25) is 0 Å². The van der Waals surface area contributed by atoms with E-state index in [0.29, 0.717) is 0 Å².